The number of aromatic nitrogens is 3. The highest BCUT2D eigenvalue weighted by Gasteiger charge is 2.82. The Morgan fingerprint density at radius 1 is 1.16 bits per heavy atom. The minimum atomic E-state index is -3.21. The summed E-state index contributed by atoms with van der Waals surface area (Å²) in [5.74, 6) is -5.21. The van der Waals surface area contributed by atoms with E-state index >= 15 is 8.78 Å². The number of fused-ring (bicyclic) bond motifs is 3. The van der Waals surface area contributed by atoms with Crippen molar-refractivity contribution in [2.75, 3.05) is 17.7 Å². The summed E-state index contributed by atoms with van der Waals surface area (Å²) in [4.78, 5) is 19.5. The van der Waals surface area contributed by atoms with Gasteiger partial charge in [-0.1, -0.05) is 37.6 Å². The molecule has 202 valence electrons. The Labute approximate surface area is 224 Å². The number of hydrogen-bond acceptors (Lipinski definition) is 6. The number of anilines is 2. The van der Waals surface area contributed by atoms with Crippen LogP contribution in [0.15, 0.2) is 36.5 Å². The molecule has 0 radical (unpaired) electrons. The van der Waals surface area contributed by atoms with Crippen LogP contribution >= 0.6 is 11.6 Å². The van der Waals surface area contributed by atoms with Crippen LogP contribution in [0.1, 0.15) is 50.8 Å². The zero-order valence-corrected chi connectivity index (χ0v) is 22.9. The fraction of sp³-hybridized carbons (Fsp3) is 0.500. The van der Waals surface area contributed by atoms with Crippen molar-refractivity contribution >= 4 is 44.4 Å². The van der Waals surface area contributed by atoms with Gasteiger partial charge in [0, 0.05) is 36.0 Å². The number of halogens is 3. The van der Waals surface area contributed by atoms with Crippen molar-refractivity contribution < 1.29 is 22.0 Å². The molecule has 3 aliphatic rings. The lowest BCUT2D eigenvalue weighted by atomic mass is 9.90. The minimum absolute atomic E-state index is 0.255. The fourth-order valence-corrected chi connectivity index (χ4v) is 7.42. The van der Waals surface area contributed by atoms with E-state index < -0.39 is 44.3 Å². The van der Waals surface area contributed by atoms with Gasteiger partial charge in [-0.25, -0.2) is 26.7 Å². The summed E-state index contributed by atoms with van der Waals surface area (Å²) in [5.41, 5.74) is 1.52. The number of nitrogens with one attached hydrogen (secondary N) is 1. The van der Waals surface area contributed by atoms with Crippen LogP contribution in [-0.2, 0) is 20.0 Å². The SMILES string of the molecule is CC1(C)CN(c2ccc([C@H]3C(F)(F)[C@]3(C)C(=O)NC3CC(S(C)(=O)=O)C3)cc2)c2cnc3cc(Cl)nn3c21. The molecule has 1 aliphatic heterocycles. The van der Waals surface area contributed by atoms with Crippen LogP contribution in [0, 0.1) is 5.41 Å². The summed E-state index contributed by atoms with van der Waals surface area (Å²) in [6.45, 7) is 6.11. The molecule has 38 heavy (non-hydrogen) atoms. The molecule has 12 heteroatoms. The Morgan fingerprint density at radius 3 is 2.45 bits per heavy atom. The molecule has 6 rings (SSSR count). The number of carbonyl (C=O) groups excluding carboxylic acids is 1. The van der Waals surface area contributed by atoms with Crippen LogP contribution in [0.3, 0.4) is 0 Å². The summed E-state index contributed by atoms with van der Waals surface area (Å²) in [7, 11) is -3.20. The Hall–Kier alpha value is -2.79. The van der Waals surface area contributed by atoms with Gasteiger partial charge in [-0.15, -0.1) is 0 Å². The van der Waals surface area contributed by atoms with Gasteiger partial charge < -0.3 is 10.2 Å². The number of benzene rings is 1. The molecule has 8 nitrogen and oxygen atoms in total. The molecule has 1 aromatic carbocycles. The van der Waals surface area contributed by atoms with E-state index in [9.17, 15) is 13.2 Å². The number of alkyl halides is 2. The molecule has 3 aromatic rings. The monoisotopic (exact) mass is 563 g/mol. The van der Waals surface area contributed by atoms with Gasteiger partial charge >= 0.3 is 0 Å². The molecule has 2 aromatic heterocycles. The average Bonchev–Trinajstić information content (AvgIpc) is 3.04. The fourth-order valence-electron chi connectivity index (χ4n) is 6.08. The van der Waals surface area contributed by atoms with E-state index in [4.69, 9.17) is 11.6 Å². The second-order valence-corrected chi connectivity index (χ2v) is 14.4. The van der Waals surface area contributed by atoms with E-state index in [1.54, 1.807) is 41.0 Å². The molecule has 2 saturated carbocycles. The van der Waals surface area contributed by atoms with Crippen LogP contribution in [-0.4, -0.2) is 58.9 Å². The molecular formula is C26H28ClF2N5O3S. The highest BCUT2D eigenvalue weighted by molar-refractivity contribution is 7.91. The van der Waals surface area contributed by atoms with Gasteiger partial charge in [-0.3, -0.25) is 4.79 Å². The summed E-state index contributed by atoms with van der Waals surface area (Å²) < 4.78 is 55.2. The van der Waals surface area contributed by atoms with Gasteiger partial charge in [0.05, 0.1) is 28.7 Å². The minimum Gasteiger partial charge on any atom is -0.353 e. The third-order valence-electron chi connectivity index (χ3n) is 8.51. The van der Waals surface area contributed by atoms with Gasteiger partial charge in [0.15, 0.2) is 10.8 Å². The lowest BCUT2D eigenvalue weighted by Gasteiger charge is -2.35. The van der Waals surface area contributed by atoms with Crippen molar-refractivity contribution in [1.29, 1.82) is 0 Å². The predicted molar refractivity (Wildman–Crippen MR) is 140 cm³/mol. The first-order valence-electron chi connectivity index (χ1n) is 12.4. The number of sulfone groups is 1. The average molecular weight is 564 g/mol. The Morgan fingerprint density at radius 2 is 1.82 bits per heavy atom. The Bertz CT molecular complexity index is 1580. The smallest absolute Gasteiger partial charge is 0.270 e. The normalized spacial score (nSPS) is 29.1. The maximum atomic E-state index is 15.1. The van der Waals surface area contributed by atoms with Crippen LogP contribution in [0.25, 0.3) is 5.65 Å². The maximum Gasteiger partial charge on any atom is 0.270 e. The van der Waals surface area contributed by atoms with Gasteiger partial charge in [0.2, 0.25) is 5.91 Å². The van der Waals surface area contributed by atoms with E-state index in [0.29, 0.717) is 22.9 Å². The predicted octanol–water partition coefficient (Wildman–Crippen LogP) is 4.24. The Kier molecular flexibility index (Phi) is 5.28. The van der Waals surface area contributed by atoms with Crippen LogP contribution in [0.4, 0.5) is 20.2 Å². The van der Waals surface area contributed by atoms with Crippen LogP contribution < -0.4 is 10.2 Å². The first-order valence-corrected chi connectivity index (χ1v) is 14.8. The van der Waals surface area contributed by atoms with E-state index in [1.165, 1.54) is 6.92 Å². The second kappa shape index (κ2) is 7.88. The van der Waals surface area contributed by atoms with E-state index in [0.717, 1.165) is 23.3 Å². The standard InChI is InChI=1S/C26H28ClF2N5O3S/c1-24(2)13-33(18-12-30-20-11-19(27)32-34(20)22(18)24)16-7-5-14(6-8-16)21-25(3,26(21,28)29)23(35)31-15-9-17(10-15)38(4,36)37/h5-8,11-12,15,17,21H,9-10,13H2,1-4H3,(H,31,35)/t15?,17?,21-,25+/m1/s1. The molecule has 3 heterocycles. The summed E-state index contributed by atoms with van der Waals surface area (Å²) in [6, 6.07) is 8.18. The van der Waals surface area contributed by atoms with Gasteiger partial charge in [-0.05, 0) is 37.5 Å². The topological polar surface area (TPSA) is 96.7 Å². The van der Waals surface area contributed by atoms with Crippen LogP contribution in [0.5, 0.6) is 0 Å². The zero-order chi connectivity index (χ0) is 27.4. The van der Waals surface area contributed by atoms with Crippen molar-refractivity contribution in [2.45, 2.75) is 62.2 Å². The zero-order valence-electron chi connectivity index (χ0n) is 21.4. The van der Waals surface area contributed by atoms with Crippen molar-refractivity contribution in [3.8, 4) is 0 Å². The molecule has 0 unspecified atom stereocenters. The first-order chi connectivity index (χ1) is 17.6. The maximum absolute atomic E-state index is 15.1. The third kappa shape index (κ3) is 3.57. The Balaban J connectivity index is 1.22. The molecular weight excluding hydrogens is 536 g/mol. The number of hydrogen-bond donors (Lipinski definition) is 1. The molecule has 2 fully saturated rings. The molecule has 0 saturated heterocycles. The van der Waals surface area contributed by atoms with Crippen molar-refractivity contribution in [3.05, 3.63) is 52.9 Å². The lowest BCUT2D eigenvalue weighted by Crippen LogP contribution is -2.51. The molecule has 0 bridgehead atoms. The van der Waals surface area contributed by atoms with Crippen molar-refractivity contribution in [3.63, 3.8) is 0 Å². The van der Waals surface area contributed by atoms with E-state index in [2.05, 4.69) is 34.1 Å². The number of carbonyl (C=O) groups is 1. The second-order valence-electron chi connectivity index (χ2n) is 11.6. The number of rotatable bonds is 5. The quantitative estimate of drug-likeness (QED) is 0.499. The molecule has 0 spiro atoms. The summed E-state index contributed by atoms with van der Waals surface area (Å²) in [5, 5.41) is 6.87. The number of nitrogens with zero attached hydrogens (tertiary/aromatic N) is 4. The largest absolute Gasteiger partial charge is 0.353 e. The van der Waals surface area contributed by atoms with Gasteiger partial charge in [-0.2, -0.15) is 5.10 Å². The highest BCUT2D eigenvalue weighted by atomic mass is 35.5. The summed E-state index contributed by atoms with van der Waals surface area (Å²) in [6.07, 6.45) is 3.43. The molecule has 1 N–H and O–H groups in total. The number of amides is 1. The molecule has 2 atom stereocenters. The molecule has 2 aliphatic carbocycles. The van der Waals surface area contributed by atoms with E-state index in [-0.39, 0.29) is 18.3 Å². The lowest BCUT2D eigenvalue weighted by molar-refractivity contribution is -0.130. The van der Waals surface area contributed by atoms with Gasteiger partial charge in [0.1, 0.15) is 15.3 Å². The highest BCUT2D eigenvalue weighted by Crippen LogP contribution is 2.71. The molecule has 1 amide bonds. The third-order valence-corrected chi connectivity index (χ3v) is 10.3. The van der Waals surface area contributed by atoms with Crippen LogP contribution in [0.2, 0.25) is 5.15 Å². The summed E-state index contributed by atoms with van der Waals surface area (Å²) >= 11 is 6.12. The van der Waals surface area contributed by atoms with E-state index in [1.807, 2.05) is 0 Å². The first kappa shape index (κ1) is 25.5. The van der Waals surface area contributed by atoms with Gasteiger partial charge in [0.25, 0.3) is 5.92 Å². The van der Waals surface area contributed by atoms with Crippen molar-refractivity contribution in [2.24, 2.45) is 5.41 Å². The van der Waals surface area contributed by atoms with Crippen molar-refractivity contribution in [1.82, 2.24) is 19.9 Å².